The number of likely N-dealkylation sites (N-methyl/N-ethyl adjacent to an activating group) is 1. The van der Waals surface area contributed by atoms with E-state index >= 15 is 0 Å². The largest absolute Gasteiger partial charge is 0.358 e. The second kappa shape index (κ2) is 5.19. The maximum atomic E-state index is 11.9. The third kappa shape index (κ3) is 2.22. The third-order valence-corrected chi connectivity index (χ3v) is 3.16. The van der Waals surface area contributed by atoms with Gasteiger partial charge in [-0.3, -0.25) is 9.69 Å². The Bertz CT molecular complexity index is 510. The van der Waals surface area contributed by atoms with E-state index in [1.807, 2.05) is 16.4 Å². The van der Waals surface area contributed by atoms with Crippen LogP contribution in [0, 0.1) is 18.8 Å². The summed E-state index contributed by atoms with van der Waals surface area (Å²) in [4.78, 5) is 14.0. The van der Waals surface area contributed by atoms with E-state index < -0.39 is 0 Å². The van der Waals surface area contributed by atoms with E-state index in [4.69, 9.17) is 0 Å². The molecule has 1 atom stereocenters. The fraction of sp³-hybridized carbons (Fsp3) is 0.583. The van der Waals surface area contributed by atoms with Gasteiger partial charge in [-0.25, -0.2) is 0 Å². The summed E-state index contributed by atoms with van der Waals surface area (Å²) in [5.41, 5.74) is 0. The standard InChI is InChI=1S/C12H17N5O/c1-4-5-6-16-8-11-15-14-9(2)17(11)7-10(16)12(18)13-3/h10H,6-8H2,1-3H3,(H,13,18). The van der Waals surface area contributed by atoms with Crippen LogP contribution in [0.1, 0.15) is 18.6 Å². The van der Waals surface area contributed by atoms with Crippen molar-refractivity contribution in [2.45, 2.75) is 33.0 Å². The van der Waals surface area contributed by atoms with Crippen molar-refractivity contribution in [3.8, 4) is 11.8 Å². The van der Waals surface area contributed by atoms with Gasteiger partial charge in [0.05, 0.1) is 19.6 Å². The van der Waals surface area contributed by atoms with Gasteiger partial charge in [0.15, 0.2) is 0 Å². The Hall–Kier alpha value is -1.87. The molecule has 0 fully saturated rings. The number of rotatable bonds is 2. The molecule has 6 heteroatoms. The average Bonchev–Trinajstić information content (AvgIpc) is 2.75. The zero-order valence-corrected chi connectivity index (χ0v) is 10.9. The van der Waals surface area contributed by atoms with Crippen molar-refractivity contribution in [1.29, 1.82) is 0 Å². The van der Waals surface area contributed by atoms with E-state index in [0.29, 0.717) is 19.6 Å². The molecular formula is C12H17N5O. The number of fused-ring (bicyclic) bond motifs is 1. The number of amides is 1. The Balaban J connectivity index is 2.27. The van der Waals surface area contributed by atoms with Crippen LogP contribution in [0.4, 0.5) is 0 Å². The van der Waals surface area contributed by atoms with E-state index in [1.54, 1.807) is 14.0 Å². The summed E-state index contributed by atoms with van der Waals surface area (Å²) in [5.74, 6) is 7.61. The van der Waals surface area contributed by atoms with E-state index in [2.05, 4.69) is 27.4 Å². The number of nitrogens with zero attached hydrogens (tertiary/aromatic N) is 4. The topological polar surface area (TPSA) is 63.1 Å². The third-order valence-electron chi connectivity index (χ3n) is 3.16. The lowest BCUT2D eigenvalue weighted by Gasteiger charge is -2.33. The minimum Gasteiger partial charge on any atom is -0.358 e. The molecule has 2 heterocycles. The maximum Gasteiger partial charge on any atom is 0.238 e. The van der Waals surface area contributed by atoms with Gasteiger partial charge in [0, 0.05) is 7.05 Å². The Kier molecular flexibility index (Phi) is 3.63. The molecule has 18 heavy (non-hydrogen) atoms. The van der Waals surface area contributed by atoms with Crippen molar-refractivity contribution in [3.63, 3.8) is 0 Å². The van der Waals surface area contributed by atoms with Crippen molar-refractivity contribution < 1.29 is 4.79 Å². The highest BCUT2D eigenvalue weighted by atomic mass is 16.2. The lowest BCUT2D eigenvalue weighted by atomic mass is 10.1. The summed E-state index contributed by atoms with van der Waals surface area (Å²) in [6, 6.07) is -0.210. The van der Waals surface area contributed by atoms with E-state index in [9.17, 15) is 4.79 Å². The van der Waals surface area contributed by atoms with E-state index in [1.165, 1.54) is 0 Å². The first kappa shape index (κ1) is 12.6. The highest BCUT2D eigenvalue weighted by Gasteiger charge is 2.32. The van der Waals surface area contributed by atoms with Crippen LogP contribution in [-0.2, 0) is 17.9 Å². The Morgan fingerprint density at radius 3 is 3.00 bits per heavy atom. The molecule has 1 aliphatic rings. The van der Waals surface area contributed by atoms with Gasteiger partial charge in [-0.2, -0.15) is 0 Å². The van der Waals surface area contributed by atoms with Crippen LogP contribution in [0.5, 0.6) is 0 Å². The van der Waals surface area contributed by atoms with Crippen molar-refractivity contribution in [2.24, 2.45) is 0 Å². The second-order valence-electron chi connectivity index (χ2n) is 4.24. The molecule has 1 aromatic rings. The number of hydrogen-bond acceptors (Lipinski definition) is 4. The van der Waals surface area contributed by atoms with Crippen LogP contribution < -0.4 is 5.32 Å². The van der Waals surface area contributed by atoms with Gasteiger partial charge >= 0.3 is 0 Å². The van der Waals surface area contributed by atoms with Gasteiger partial charge in [-0.15, -0.1) is 16.1 Å². The molecule has 1 aliphatic heterocycles. The monoisotopic (exact) mass is 247 g/mol. The second-order valence-corrected chi connectivity index (χ2v) is 4.24. The van der Waals surface area contributed by atoms with Crippen molar-refractivity contribution in [1.82, 2.24) is 25.0 Å². The minimum absolute atomic E-state index is 0.00616. The number of hydrogen-bond donors (Lipinski definition) is 1. The summed E-state index contributed by atoms with van der Waals surface area (Å²) in [7, 11) is 1.65. The predicted octanol–water partition coefficient (Wildman–Crippen LogP) is -0.460. The lowest BCUT2D eigenvalue weighted by Crippen LogP contribution is -2.51. The van der Waals surface area contributed by atoms with Crippen LogP contribution >= 0.6 is 0 Å². The summed E-state index contributed by atoms with van der Waals surface area (Å²) in [6.07, 6.45) is 0. The molecule has 0 saturated heterocycles. The molecule has 1 unspecified atom stereocenters. The molecule has 6 nitrogen and oxygen atoms in total. The fourth-order valence-corrected chi connectivity index (χ4v) is 2.12. The summed E-state index contributed by atoms with van der Waals surface area (Å²) < 4.78 is 2.00. The molecule has 0 aromatic carbocycles. The quantitative estimate of drug-likeness (QED) is 0.718. The lowest BCUT2D eigenvalue weighted by molar-refractivity contribution is -0.127. The molecule has 0 radical (unpaired) electrons. The van der Waals surface area contributed by atoms with Crippen LogP contribution in [-0.4, -0.2) is 45.2 Å². The summed E-state index contributed by atoms with van der Waals surface area (Å²) >= 11 is 0. The fourth-order valence-electron chi connectivity index (χ4n) is 2.12. The smallest absolute Gasteiger partial charge is 0.238 e. The van der Waals surface area contributed by atoms with Crippen molar-refractivity contribution in [2.75, 3.05) is 13.6 Å². The number of nitrogens with one attached hydrogen (secondary N) is 1. The normalized spacial score (nSPS) is 18.7. The van der Waals surface area contributed by atoms with Gasteiger partial charge in [-0.1, -0.05) is 5.92 Å². The molecule has 1 aromatic heterocycles. The van der Waals surface area contributed by atoms with Gasteiger partial charge in [0.25, 0.3) is 0 Å². The van der Waals surface area contributed by atoms with Gasteiger partial charge in [0.1, 0.15) is 17.7 Å². The maximum absolute atomic E-state index is 11.9. The SMILES string of the molecule is CC#CCN1Cc2nnc(C)n2CC1C(=O)NC. The van der Waals surface area contributed by atoms with Crippen molar-refractivity contribution >= 4 is 5.91 Å². The average molecular weight is 247 g/mol. The number of carbonyl (C=O) groups excluding carboxylic acids is 1. The van der Waals surface area contributed by atoms with Crippen LogP contribution in [0.2, 0.25) is 0 Å². The van der Waals surface area contributed by atoms with Crippen LogP contribution in [0.25, 0.3) is 0 Å². The molecule has 2 rings (SSSR count). The number of aromatic nitrogens is 3. The molecule has 1 amide bonds. The Morgan fingerprint density at radius 2 is 2.33 bits per heavy atom. The molecule has 96 valence electrons. The highest BCUT2D eigenvalue weighted by molar-refractivity contribution is 5.81. The van der Waals surface area contributed by atoms with Gasteiger partial charge in [0.2, 0.25) is 5.91 Å². The molecular weight excluding hydrogens is 230 g/mol. The van der Waals surface area contributed by atoms with E-state index in [0.717, 1.165) is 11.6 Å². The predicted molar refractivity (Wildman–Crippen MR) is 66.5 cm³/mol. The molecule has 0 spiro atoms. The highest BCUT2D eigenvalue weighted by Crippen LogP contribution is 2.17. The summed E-state index contributed by atoms with van der Waals surface area (Å²) in [5, 5.41) is 10.9. The summed E-state index contributed by atoms with van der Waals surface area (Å²) in [6.45, 7) is 5.46. The van der Waals surface area contributed by atoms with Crippen molar-refractivity contribution in [3.05, 3.63) is 11.6 Å². The van der Waals surface area contributed by atoms with Gasteiger partial charge < -0.3 is 9.88 Å². The van der Waals surface area contributed by atoms with E-state index in [-0.39, 0.29) is 11.9 Å². The number of carbonyl (C=O) groups is 1. The van der Waals surface area contributed by atoms with Gasteiger partial charge in [-0.05, 0) is 13.8 Å². The Labute approximate surface area is 106 Å². The van der Waals surface area contributed by atoms with Crippen LogP contribution in [0.15, 0.2) is 0 Å². The zero-order valence-electron chi connectivity index (χ0n) is 10.9. The first-order valence-corrected chi connectivity index (χ1v) is 5.91. The first-order valence-electron chi connectivity index (χ1n) is 5.91. The van der Waals surface area contributed by atoms with Crippen LogP contribution in [0.3, 0.4) is 0 Å². The molecule has 0 saturated carbocycles. The zero-order chi connectivity index (χ0) is 13.1. The Morgan fingerprint density at radius 1 is 1.56 bits per heavy atom. The molecule has 0 bridgehead atoms. The molecule has 0 aliphatic carbocycles. The molecule has 1 N–H and O–H groups in total. The minimum atomic E-state index is -0.210. The number of aryl methyl sites for hydroxylation is 1. The first-order chi connectivity index (χ1) is 8.67.